The van der Waals surface area contributed by atoms with Crippen LogP contribution in [-0.4, -0.2) is 29.3 Å². The molecule has 0 aromatic carbocycles. The summed E-state index contributed by atoms with van der Waals surface area (Å²) >= 11 is 0. The number of pyridine rings is 1. The van der Waals surface area contributed by atoms with Crippen molar-refractivity contribution in [2.75, 3.05) is 18.1 Å². The van der Waals surface area contributed by atoms with Crippen molar-refractivity contribution in [3.8, 4) is 0 Å². The van der Waals surface area contributed by atoms with E-state index in [1.54, 1.807) is 0 Å². The normalized spacial score (nSPS) is 17.2. The van der Waals surface area contributed by atoms with Crippen LogP contribution in [0.3, 0.4) is 0 Å². The highest BCUT2D eigenvalue weighted by atomic mass is 16.3. The van der Waals surface area contributed by atoms with Crippen molar-refractivity contribution in [3.05, 3.63) is 23.9 Å². The monoisotopic (exact) mass is 221 g/mol. The van der Waals surface area contributed by atoms with Crippen LogP contribution in [0.2, 0.25) is 0 Å². The molecule has 1 aromatic heterocycles. The topological polar surface area (TPSA) is 62.4 Å². The zero-order valence-electron chi connectivity index (χ0n) is 9.63. The van der Waals surface area contributed by atoms with Gasteiger partial charge >= 0.3 is 0 Å². The molecule has 1 fully saturated rings. The van der Waals surface area contributed by atoms with Gasteiger partial charge in [0.25, 0.3) is 0 Å². The molecule has 1 aromatic rings. The van der Waals surface area contributed by atoms with Crippen LogP contribution in [0, 0.1) is 0 Å². The van der Waals surface area contributed by atoms with Gasteiger partial charge in [-0.3, -0.25) is 0 Å². The van der Waals surface area contributed by atoms with Gasteiger partial charge in [-0.2, -0.15) is 0 Å². The van der Waals surface area contributed by atoms with Crippen LogP contribution in [0.4, 0.5) is 5.82 Å². The Bertz CT molecular complexity index is 333. The van der Waals surface area contributed by atoms with Crippen molar-refractivity contribution in [3.63, 3.8) is 0 Å². The average molecular weight is 221 g/mol. The predicted molar refractivity (Wildman–Crippen MR) is 64.3 cm³/mol. The minimum Gasteiger partial charge on any atom is -0.395 e. The summed E-state index contributed by atoms with van der Waals surface area (Å²) in [5, 5.41) is 9.03. The van der Waals surface area contributed by atoms with Crippen molar-refractivity contribution in [2.45, 2.75) is 31.8 Å². The summed E-state index contributed by atoms with van der Waals surface area (Å²) in [6, 6.07) is 4.60. The quantitative estimate of drug-likeness (QED) is 0.780. The molecule has 1 aliphatic rings. The molecule has 1 atom stereocenters. The second-order valence-corrected chi connectivity index (χ2v) is 4.39. The molecule has 1 unspecified atom stereocenters. The van der Waals surface area contributed by atoms with Gasteiger partial charge < -0.3 is 15.7 Å². The van der Waals surface area contributed by atoms with Crippen LogP contribution in [0.5, 0.6) is 0 Å². The summed E-state index contributed by atoms with van der Waals surface area (Å²) in [4.78, 5) is 6.59. The van der Waals surface area contributed by atoms with Gasteiger partial charge in [0.2, 0.25) is 0 Å². The molecule has 0 bridgehead atoms. The van der Waals surface area contributed by atoms with Gasteiger partial charge in [-0.25, -0.2) is 4.98 Å². The fourth-order valence-electron chi connectivity index (χ4n) is 1.81. The maximum Gasteiger partial charge on any atom is 0.128 e. The molecule has 1 saturated carbocycles. The zero-order chi connectivity index (χ0) is 11.5. The minimum atomic E-state index is 0.0220. The first-order valence-corrected chi connectivity index (χ1v) is 5.81. The molecule has 0 aliphatic heterocycles. The first-order chi connectivity index (χ1) is 7.72. The van der Waals surface area contributed by atoms with Crippen LogP contribution in [0.15, 0.2) is 18.3 Å². The first-order valence-electron chi connectivity index (χ1n) is 5.81. The average Bonchev–Trinajstić information content (AvgIpc) is 3.10. The van der Waals surface area contributed by atoms with E-state index in [0.29, 0.717) is 12.6 Å². The SMILES string of the molecule is CC(N)c1ccc(N(CCO)C2CC2)nc1. The van der Waals surface area contributed by atoms with E-state index < -0.39 is 0 Å². The maximum absolute atomic E-state index is 9.03. The summed E-state index contributed by atoms with van der Waals surface area (Å²) in [6.45, 7) is 2.78. The fourth-order valence-corrected chi connectivity index (χ4v) is 1.81. The van der Waals surface area contributed by atoms with Gasteiger partial charge in [0, 0.05) is 24.8 Å². The molecule has 3 N–H and O–H groups in total. The molecule has 1 aliphatic carbocycles. The smallest absolute Gasteiger partial charge is 0.128 e. The zero-order valence-corrected chi connectivity index (χ0v) is 9.63. The summed E-state index contributed by atoms with van der Waals surface area (Å²) in [7, 11) is 0. The largest absolute Gasteiger partial charge is 0.395 e. The highest BCUT2D eigenvalue weighted by Gasteiger charge is 2.29. The number of nitrogens with two attached hydrogens (primary N) is 1. The third-order valence-electron chi connectivity index (χ3n) is 2.92. The van der Waals surface area contributed by atoms with Crippen molar-refractivity contribution in [1.82, 2.24) is 4.98 Å². The standard InChI is InChI=1S/C12H19N3O/c1-9(13)10-2-5-12(14-8-10)15(6-7-16)11-3-4-11/h2,5,8-9,11,16H,3-4,6-7,13H2,1H3. The third kappa shape index (κ3) is 2.51. The third-order valence-corrected chi connectivity index (χ3v) is 2.92. The van der Waals surface area contributed by atoms with Crippen molar-refractivity contribution in [2.24, 2.45) is 5.73 Å². The molecule has 4 nitrogen and oxygen atoms in total. The van der Waals surface area contributed by atoms with Crippen molar-refractivity contribution >= 4 is 5.82 Å². The van der Waals surface area contributed by atoms with E-state index in [4.69, 9.17) is 10.8 Å². The summed E-state index contributed by atoms with van der Waals surface area (Å²) in [5.41, 5.74) is 6.82. The number of aromatic nitrogens is 1. The number of aliphatic hydroxyl groups is 1. The van der Waals surface area contributed by atoms with E-state index in [0.717, 1.165) is 11.4 Å². The minimum absolute atomic E-state index is 0.0220. The Labute approximate surface area is 96.1 Å². The lowest BCUT2D eigenvalue weighted by Crippen LogP contribution is -2.29. The van der Waals surface area contributed by atoms with E-state index in [9.17, 15) is 0 Å². The molecule has 88 valence electrons. The second-order valence-electron chi connectivity index (χ2n) is 4.39. The Morgan fingerprint density at radius 1 is 1.56 bits per heavy atom. The van der Waals surface area contributed by atoms with Gasteiger partial charge in [-0.05, 0) is 31.4 Å². The van der Waals surface area contributed by atoms with Crippen LogP contribution >= 0.6 is 0 Å². The molecule has 4 heteroatoms. The molecule has 0 radical (unpaired) electrons. The van der Waals surface area contributed by atoms with Crippen molar-refractivity contribution < 1.29 is 5.11 Å². The number of hydrogen-bond donors (Lipinski definition) is 2. The lowest BCUT2D eigenvalue weighted by Gasteiger charge is -2.22. The van der Waals surface area contributed by atoms with Gasteiger partial charge in [0.1, 0.15) is 5.82 Å². The number of rotatable bonds is 5. The Balaban J connectivity index is 2.11. The van der Waals surface area contributed by atoms with Gasteiger partial charge in [-0.15, -0.1) is 0 Å². The highest BCUT2D eigenvalue weighted by molar-refractivity contribution is 5.42. The summed E-state index contributed by atoms with van der Waals surface area (Å²) < 4.78 is 0. The lowest BCUT2D eigenvalue weighted by atomic mass is 10.1. The Morgan fingerprint density at radius 3 is 2.75 bits per heavy atom. The molecule has 1 heterocycles. The van der Waals surface area contributed by atoms with Crippen molar-refractivity contribution in [1.29, 1.82) is 0 Å². The molecule has 0 saturated heterocycles. The van der Waals surface area contributed by atoms with E-state index in [1.807, 2.05) is 25.3 Å². The van der Waals surface area contributed by atoms with E-state index in [2.05, 4.69) is 9.88 Å². The Hall–Kier alpha value is -1.13. The number of nitrogens with zero attached hydrogens (tertiary/aromatic N) is 2. The molecule has 0 amide bonds. The Kier molecular flexibility index (Phi) is 3.41. The van der Waals surface area contributed by atoms with E-state index >= 15 is 0 Å². The highest BCUT2D eigenvalue weighted by Crippen LogP contribution is 2.30. The number of hydrogen-bond acceptors (Lipinski definition) is 4. The summed E-state index contributed by atoms with van der Waals surface area (Å²) in [5.74, 6) is 0.945. The maximum atomic E-state index is 9.03. The van der Waals surface area contributed by atoms with Gasteiger partial charge in [0.05, 0.1) is 6.61 Å². The number of anilines is 1. The second kappa shape index (κ2) is 4.80. The number of aliphatic hydroxyl groups excluding tert-OH is 1. The molecular weight excluding hydrogens is 202 g/mol. The molecule has 0 spiro atoms. The summed E-state index contributed by atoms with van der Waals surface area (Å²) in [6.07, 6.45) is 4.24. The Morgan fingerprint density at radius 2 is 2.31 bits per heavy atom. The molecule has 2 rings (SSSR count). The first kappa shape index (κ1) is 11.4. The van der Waals surface area contributed by atoms with Crippen LogP contribution in [0.25, 0.3) is 0 Å². The predicted octanol–water partition coefficient (Wildman–Crippen LogP) is 1.06. The van der Waals surface area contributed by atoms with Crippen LogP contribution < -0.4 is 10.6 Å². The van der Waals surface area contributed by atoms with Crippen LogP contribution in [-0.2, 0) is 0 Å². The van der Waals surface area contributed by atoms with Gasteiger partial charge in [-0.1, -0.05) is 6.07 Å². The van der Waals surface area contributed by atoms with E-state index in [-0.39, 0.29) is 12.6 Å². The van der Waals surface area contributed by atoms with Gasteiger partial charge in [0.15, 0.2) is 0 Å². The molecule has 16 heavy (non-hydrogen) atoms. The fraction of sp³-hybridized carbons (Fsp3) is 0.583. The van der Waals surface area contributed by atoms with E-state index in [1.165, 1.54) is 12.8 Å². The molecular formula is C12H19N3O. The van der Waals surface area contributed by atoms with Crippen LogP contribution in [0.1, 0.15) is 31.4 Å². The lowest BCUT2D eigenvalue weighted by molar-refractivity contribution is 0.301.